The largest absolute Gasteiger partial charge is 0.416 e. The van der Waals surface area contributed by atoms with E-state index in [0.29, 0.717) is 24.7 Å². The van der Waals surface area contributed by atoms with Crippen LogP contribution in [-0.4, -0.2) is 55.3 Å². The summed E-state index contributed by atoms with van der Waals surface area (Å²) in [6.45, 7) is 3.51. The maximum absolute atomic E-state index is 12.9. The Labute approximate surface area is 194 Å². The first-order chi connectivity index (χ1) is 15.7. The van der Waals surface area contributed by atoms with Crippen LogP contribution < -0.4 is 10.2 Å². The number of amides is 2. The predicted octanol–water partition coefficient (Wildman–Crippen LogP) is 4.00. The monoisotopic (exact) mass is 479 g/mol. The van der Waals surface area contributed by atoms with Crippen molar-refractivity contribution < 1.29 is 27.5 Å². The molecule has 2 amide bonds. The number of hydrogen-bond donors (Lipinski definition) is 1. The molecule has 33 heavy (non-hydrogen) atoms. The van der Waals surface area contributed by atoms with Crippen molar-refractivity contribution in [2.45, 2.75) is 29.3 Å². The molecule has 1 N–H and O–H groups in total. The minimum Gasteiger partial charge on any atom is -0.378 e. The van der Waals surface area contributed by atoms with Crippen LogP contribution >= 0.6 is 11.8 Å². The van der Waals surface area contributed by atoms with E-state index >= 15 is 0 Å². The number of rotatable bonds is 5. The van der Waals surface area contributed by atoms with E-state index in [1.54, 1.807) is 11.9 Å². The summed E-state index contributed by atoms with van der Waals surface area (Å²) < 4.78 is 44.1. The van der Waals surface area contributed by atoms with Crippen LogP contribution in [0.1, 0.15) is 17.5 Å². The van der Waals surface area contributed by atoms with E-state index < -0.39 is 22.9 Å². The summed E-state index contributed by atoms with van der Waals surface area (Å²) in [5.74, 6) is -0.682. The van der Waals surface area contributed by atoms with Gasteiger partial charge in [0.2, 0.25) is 11.8 Å². The van der Waals surface area contributed by atoms with Crippen molar-refractivity contribution >= 4 is 35.0 Å². The van der Waals surface area contributed by atoms with Gasteiger partial charge in [-0.15, -0.1) is 11.8 Å². The lowest BCUT2D eigenvalue weighted by Crippen LogP contribution is -2.36. The van der Waals surface area contributed by atoms with Crippen molar-refractivity contribution in [2.75, 3.05) is 43.6 Å². The summed E-state index contributed by atoms with van der Waals surface area (Å²) >= 11 is 1.11. The van der Waals surface area contributed by atoms with E-state index in [0.717, 1.165) is 48.2 Å². The number of hydrogen-bond acceptors (Lipinski definition) is 5. The normalized spacial score (nSPS) is 18.5. The Kier molecular flexibility index (Phi) is 6.85. The van der Waals surface area contributed by atoms with Crippen LogP contribution in [0.25, 0.3) is 0 Å². The maximum atomic E-state index is 12.9. The fourth-order valence-corrected chi connectivity index (χ4v) is 4.85. The molecular weight excluding hydrogens is 455 g/mol. The molecule has 1 fully saturated rings. The van der Waals surface area contributed by atoms with Gasteiger partial charge in [-0.1, -0.05) is 12.1 Å². The highest BCUT2D eigenvalue weighted by atomic mass is 32.2. The SMILES string of the molecule is CN(Cc1ccc(N2CCOCC2)cc1)C(=O)C[C@H]1Sc2ccc(C(F)(F)F)cc2NC1=O. The van der Waals surface area contributed by atoms with Gasteiger partial charge in [0.15, 0.2) is 0 Å². The third-order valence-electron chi connectivity index (χ3n) is 5.64. The number of ether oxygens (including phenoxy) is 1. The summed E-state index contributed by atoms with van der Waals surface area (Å²) in [4.78, 5) is 29.5. The fourth-order valence-electron chi connectivity index (χ4n) is 3.77. The van der Waals surface area contributed by atoms with Gasteiger partial charge in [0.25, 0.3) is 0 Å². The molecule has 2 aromatic rings. The molecule has 1 atom stereocenters. The van der Waals surface area contributed by atoms with Crippen molar-refractivity contribution in [2.24, 2.45) is 0 Å². The van der Waals surface area contributed by atoms with Gasteiger partial charge in [-0.3, -0.25) is 9.59 Å². The van der Waals surface area contributed by atoms with E-state index in [-0.39, 0.29) is 18.0 Å². The molecule has 0 aliphatic carbocycles. The Morgan fingerprint density at radius 2 is 1.88 bits per heavy atom. The topological polar surface area (TPSA) is 61.9 Å². The van der Waals surface area contributed by atoms with Gasteiger partial charge >= 0.3 is 6.18 Å². The molecule has 1 saturated heterocycles. The average molecular weight is 480 g/mol. The summed E-state index contributed by atoms with van der Waals surface area (Å²) in [6, 6.07) is 11.2. The lowest BCUT2D eigenvalue weighted by atomic mass is 10.1. The van der Waals surface area contributed by atoms with Gasteiger partial charge < -0.3 is 19.9 Å². The first-order valence-electron chi connectivity index (χ1n) is 10.5. The minimum atomic E-state index is -4.49. The van der Waals surface area contributed by atoms with Crippen LogP contribution in [0, 0.1) is 0 Å². The number of thioether (sulfide) groups is 1. The van der Waals surface area contributed by atoms with Gasteiger partial charge in [-0.05, 0) is 35.9 Å². The molecule has 0 unspecified atom stereocenters. The Morgan fingerprint density at radius 3 is 2.55 bits per heavy atom. The second-order valence-corrected chi connectivity index (χ2v) is 9.27. The zero-order chi connectivity index (χ0) is 23.6. The third-order valence-corrected chi connectivity index (χ3v) is 6.92. The van der Waals surface area contributed by atoms with E-state index in [1.165, 1.54) is 6.07 Å². The third kappa shape index (κ3) is 5.62. The summed E-state index contributed by atoms with van der Waals surface area (Å²) in [5, 5.41) is 1.81. The van der Waals surface area contributed by atoms with Gasteiger partial charge in [0, 0.05) is 43.7 Å². The molecule has 176 valence electrons. The van der Waals surface area contributed by atoms with Gasteiger partial charge in [0.1, 0.15) is 0 Å². The lowest BCUT2D eigenvalue weighted by molar-refractivity contribution is -0.137. The Bertz CT molecular complexity index is 1020. The molecule has 0 saturated carbocycles. The second kappa shape index (κ2) is 9.64. The second-order valence-electron chi connectivity index (χ2n) is 8.02. The van der Waals surface area contributed by atoms with Crippen LogP contribution in [0.15, 0.2) is 47.4 Å². The summed E-state index contributed by atoms with van der Waals surface area (Å²) in [7, 11) is 1.67. The van der Waals surface area contributed by atoms with Gasteiger partial charge in [0.05, 0.1) is 29.7 Å². The lowest BCUT2D eigenvalue weighted by Gasteiger charge is -2.29. The number of carbonyl (C=O) groups is 2. The predicted molar refractivity (Wildman–Crippen MR) is 120 cm³/mol. The fraction of sp³-hybridized carbons (Fsp3) is 0.391. The van der Waals surface area contributed by atoms with Crippen LogP contribution in [0.2, 0.25) is 0 Å². The van der Waals surface area contributed by atoms with Crippen LogP contribution in [0.5, 0.6) is 0 Å². The van der Waals surface area contributed by atoms with Crippen molar-refractivity contribution in [1.82, 2.24) is 4.90 Å². The molecule has 0 aromatic heterocycles. The summed E-state index contributed by atoms with van der Waals surface area (Å²) in [5.41, 5.74) is 1.38. The Hall–Kier alpha value is -2.72. The number of benzene rings is 2. The number of nitrogens with one attached hydrogen (secondary N) is 1. The number of alkyl halides is 3. The van der Waals surface area contributed by atoms with Gasteiger partial charge in [-0.25, -0.2) is 0 Å². The molecule has 0 radical (unpaired) electrons. The molecule has 2 aliphatic rings. The standard InChI is InChI=1S/C23H24F3N3O3S/c1-28(14-15-2-5-17(6-3-15)29-8-10-32-11-9-29)21(30)13-20-22(31)27-18-12-16(23(24,25)26)4-7-19(18)33-20/h2-7,12,20H,8-11,13-14H2,1H3,(H,27,31)/t20-/m1/s1. The molecule has 10 heteroatoms. The van der Waals surface area contributed by atoms with Crippen LogP contribution in [-0.2, 0) is 27.0 Å². The number of anilines is 2. The molecule has 0 spiro atoms. The van der Waals surface area contributed by atoms with E-state index in [4.69, 9.17) is 4.74 Å². The van der Waals surface area contributed by atoms with Crippen molar-refractivity contribution in [3.8, 4) is 0 Å². The van der Waals surface area contributed by atoms with E-state index in [9.17, 15) is 22.8 Å². The molecule has 4 rings (SSSR count). The number of fused-ring (bicyclic) bond motifs is 1. The number of nitrogens with zero attached hydrogens (tertiary/aromatic N) is 2. The molecule has 0 bridgehead atoms. The highest BCUT2D eigenvalue weighted by Gasteiger charge is 2.34. The molecular formula is C23H24F3N3O3S. The summed E-state index contributed by atoms with van der Waals surface area (Å²) in [6.07, 6.45) is -4.53. The highest BCUT2D eigenvalue weighted by Crippen LogP contribution is 2.40. The van der Waals surface area contributed by atoms with E-state index in [1.807, 2.05) is 24.3 Å². The first-order valence-corrected chi connectivity index (χ1v) is 11.4. The molecule has 2 heterocycles. The highest BCUT2D eigenvalue weighted by molar-refractivity contribution is 8.01. The molecule has 2 aliphatic heterocycles. The number of morpholine rings is 1. The minimum absolute atomic E-state index is 0.0423. The molecule has 6 nitrogen and oxygen atoms in total. The number of halogens is 3. The number of carbonyl (C=O) groups excluding carboxylic acids is 2. The quantitative estimate of drug-likeness (QED) is 0.703. The van der Waals surface area contributed by atoms with Gasteiger partial charge in [-0.2, -0.15) is 13.2 Å². The van der Waals surface area contributed by atoms with Crippen molar-refractivity contribution in [3.05, 3.63) is 53.6 Å². The van der Waals surface area contributed by atoms with Crippen LogP contribution in [0.4, 0.5) is 24.5 Å². The van der Waals surface area contributed by atoms with E-state index in [2.05, 4.69) is 10.2 Å². The Balaban J connectivity index is 1.34. The van der Waals surface area contributed by atoms with Crippen molar-refractivity contribution in [3.63, 3.8) is 0 Å². The maximum Gasteiger partial charge on any atom is 0.416 e. The molecule has 2 aromatic carbocycles. The zero-order valence-electron chi connectivity index (χ0n) is 18.0. The van der Waals surface area contributed by atoms with Crippen LogP contribution in [0.3, 0.4) is 0 Å². The van der Waals surface area contributed by atoms with Crippen molar-refractivity contribution in [1.29, 1.82) is 0 Å². The Morgan fingerprint density at radius 1 is 1.18 bits per heavy atom. The zero-order valence-corrected chi connectivity index (χ0v) is 18.8. The smallest absolute Gasteiger partial charge is 0.378 e. The average Bonchev–Trinajstić information content (AvgIpc) is 2.79. The first kappa shape index (κ1) is 23.4.